The van der Waals surface area contributed by atoms with Crippen LogP contribution in [-0.4, -0.2) is 54.6 Å². The van der Waals surface area contributed by atoms with Crippen LogP contribution >= 0.6 is 0 Å². The van der Waals surface area contributed by atoms with Crippen LogP contribution in [0.2, 0.25) is 0 Å². The molecule has 3 nitrogen and oxygen atoms in total. The van der Waals surface area contributed by atoms with Crippen molar-refractivity contribution in [3.05, 3.63) is 0 Å². The van der Waals surface area contributed by atoms with Gasteiger partial charge >= 0.3 is 0 Å². The van der Waals surface area contributed by atoms with E-state index >= 15 is 0 Å². The van der Waals surface area contributed by atoms with Crippen molar-refractivity contribution >= 4 is 0 Å². The SMILES string of the molecule is CCC(N)C(C)N1CCN(CC)CC1. The maximum Gasteiger partial charge on any atom is 0.0219 e. The van der Waals surface area contributed by atoms with Crippen LogP contribution in [0.5, 0.6) is 0 Å². The Bertz CT molecular complexity index is 153. The van der Waals surface area contributed by atoms with Crippen LogP contribution < -0.4 is 5.73 Å². The minimum Gasteiger partial charge on any atom is -0.326 e. The van der Waals surface area contributed by atoms with Crippen molar-refractivity contribution in [2.24, 2.45) is 5.73 Å². The molecule has 2 atom stereocenters. The zero-order chi connectivity index (χ0) is 10.6. The molecule has 1 heterocycles. The lowest BCUT2D eigenvalue weighted by Crippen LogP contribution is -2.54. The fourth-order valence-electron chi connectivity index (χ4n) is 2.10. The minimum absolute atomic E-state index is 0.336. The molecule has 2 unspecified atom stereocenters. The van der Waals surface area contributed by atoms with Crippen LogP contribution in [0.4, 0.5) is 0 Å². The number of hydrogen-bond donors (Lipinski definition) is 1. The fraction of sp³-hybridized carbons (Fsp3) is 1.00. The predicted octanol–water partition coefficient (Wildman–Crippen LogP) is 0.750. The first kappa shape index (κ1) is 12.0. The topological polar surface area (TPSA) is 32.5 Å². The molecule has 1 aliphatic heterocycles. The van der Waals surface area contributed by atoms with E-state index in [1.54, 1.807) is 0 Å². The summed E-state index contributed by atoms with van der Waals surface area (Å²) in [6.07, 6.45) is 1.08. The quantitative estimate of drug-likeness (QED) is 0.725. The van der Waals surface area contributed by atoms with E-state index in [4.69, 9.17) is 5.73 Å². The summed E-state index contributed by atoms with van der Waals surface area (Å²) >= 11 is 0. The smallest absolute Gasteiger partial charge is 0.0219 e. The van der Waals surface area contributed by atoms with E-state index in [9.17, 15) is 0 Å². The number of rotatable bonds is 4. The molecule has 0 saturated carbocycles. The molecule has 2 N–H and O–H groups in total. The van der Waals surface area contributed by atoms with Crippen molar-refractivity contribution in [1.82, 2.24) is 9.80 Å². The van der Waals surface area contributed by atoms with Gasteiger partial charge < -0.3 is 10.6 Å². The van der Waals surface area contributed by atoms with E-state index in [1.807, 2.05) is 0 Å². The summed E-state index contributed by atoms with van der Waals surface area (Å²) in [7, 11) is 0. The lowest BCUT2D eigenvalue weighted by atomic mass is 10.1. The summed E-state index contributed by atoms with van der Waals surface area (Å²) in [5.74, 6) is 0. The first-order valence-electron chi connectivity index (χ1n) is 5.91. The fourth-order valence-corrected chi connectivity index (χ4v) is 2.10. The lowest BCUT2D eigenvalue weighted by Gasteiger charge is -2.39. The second kappa shape index (κ2) is 5.69. The number of piperazine rings is 1. The van der Waals surface area contributed by atoms with Gasteiger partial charge in [-0.3, -0.25) is 4.90 Å². The zero-order valence-corrected chi connectivity index (χ0v) is 9.87. The highest BCUT2D eigenvalue weighted by atomic mass is 15.3. The van der Waals surface area contributed by atoms with Crippen LogP contribution in [0.25, 0.3) is 0 Å². The van der Waals surface area contributed by atoms with Crippen molar-refractivity contribution < 1.29 is 0 Å². The molecule has 0 aromatic heterocycles. The Kier molecular flexibility index (Phi) is 4.85. The van der Waals surface area contributed by atoms with Crippen molar-refractivity contribution in [2.45, 2.75) is 39.3 Å². The van der Waals surface area contributed by atoms with Crippen molar-refractivity contribution in [1.29, 1.82) is 0 Å². The molecule has 0 spiro atoms. The molecule has 84 valence electrons. The van der Waals surface area contributed by atoms with Gasteiger partial charge in [0.2, 0.25) is 0 Å². The normalized spacial score (nSPS) is 24.9. The van der Waals surface area contributed by atoms with Gasteiger partial charge in [-0.25, -0.2) is 0 Å². The minimum atomic E-state index is 0.336. The molecule has 0 bridgehead atoms. The molecule has 0 amide bonds. The number of nitrogens with zero attached hydrogens (tertiary/aromatic N) is 2. The average molecular weight is 199 g/mol. The number of hydrogen-bond acceptors (Lipinski definition) is 3. The maximum atomic E-state index is 6.06. The highest BCUT2D eigenvalue weighted by molar-refractivity contribution is 4.81. The summed E-state index contributed by atoms with van der Waals surface area (Å²) in [6, 6.07) is 0.877. The summed E-state index contributed by atoms with van der Waals surface area (Å²) in [4.78, 5) is 5.03. The lowest BCUT2D eigenvalue weighted by molar-refractivity contribution is 0.0944. The Hall–Kier alpha value is -0.120. The molecule has 3 heteroatoms. The Morgan fingerprint density at radius 1 is 1.14 bits per heavy atom. The zero-order valence-electron chi connectivity index (χ0n) is 9.87. The third-order valence-corrected chi connectivity index (χ3v) is 3.52. The van der Waals surface area contributed by atoms with E-state index in [1.165, 1.54) is 32.7 Å². The largest absolute Gasteiger partial charge is 0.326 e. The van der Waals surface area contributed by atoms with Crippen LogP contribution in [0.1, 0.15) is 27.2 Å². The molecule has 1 saturated heterocycles. The van der Waals surface area contributed by atoms with Gasteiger partial charge in [0.15, 0.2) is 0 Å². The van der Waals surface area contributed by atoms with Gasteiger partial charge in [0, 0.05) is 38.3 Å². The Labute approximate surface area is 88.2 Å². The second-order valence-electron chi connectivity index (χ2n) is 4.28. The highest BCUT2D eigenvalue weighted by Crippen LogP contribution is 2.09. The van der Waals surface area contributed by atoms with Gasteiger partial charge in [-0.15, -0.1) is 0 Å². The van der Waals surface area contributed by atoms with Crippen molar-refractivity contribution in [3.8, 4) is 0 Å². The monoisotopic (exact) mass is 199 g/mol. The van der Waals surface area contributed by atoms with Crippen LogP contribution in [-0.2, 0) is 0 Å². The van der Waals surface area contributed by atoms with Gasteiger partial charge in [0.1, 0.15) is 0 Å². The molecular formula is C11H25N3. The summed E-state index contributed by atoms with van der Waals surface area (Å²) in [5.41, 5.74) is 6.06. The standard InChI is InChI=1S/C11H25N3/c1-4-11(12)10(3)14-8-6-13(5-2)7-9-14/h10-11H,4-9,12H2,1-3H3. The maximum absolute atomic E-state index is 6.06. The van der Waals surface area contributed by atoms with E-state index < -0.39 is 0 Å². The molecular weight excluding hydrogens is 174 g/mol. The summed E-state index contributed by atoms with van der Waals surface area (Å²) in [6.45, 7) is 12.6. The molecule has 0 aromatic carbocycles. The van der Waals surface area contributed by atoms with E-state index in [0.29, 0.717) is 12.1 Å². The predicted molar refractivity (Wildman–Crippen MR) is 61.4 cm³/mol. The van der Waals surface area contributed by atoms with E-state index in [0.717, 1.165) is 6.42 Å². The first-order valence-corrected chi connectivity index (χ1v) is 5.91. The first-order chi connectivity index (χ1) is 6.69. The third kappa shape index (κ3) is 2.94. The summed E-state index contributed by atoms with van der Waals surface area (Å²) in [5, 5.41) is 0. The van der Waals surface area contributed by atoms with Gasteiger partial charge in [-0.1, -0.05) is 13.8 Å². The van der Waals surface area contributed by atoms with E-state index in [2.05, 4.69) is 30.6 Å². The number of likely N-dealkylation sites (N-methyl/N-ethyl adjacent to an activating group) is 1. The van der Waals surface area contributed by atoms with Crippen LogP contribution in [0.3, 0.4) is 0 Å². The molecule has 1 aliphatic rings. The van der Waals surface area contributed by atoms with Crippen molar-refractivity contribution in [2.75, 3.05) is 32.7 Å². The highest BCUT2D eigenvalue weighted by Gasteiger charge is 2.23. The second-order valence-corrected chi connectivity index (χ2v) is 4.28. The van der Waals surface area contributed by atoms with Crippen molar-refractivity contribution in [3.63, 3.8) is 0 Å². The molecule has 0 aromatic rings. The molecule has 1 rings (SSSR count). The van der Waals surface area contributed by atoms with Crippen LogP contribution in [0.15, 0.2) is 0 Å². The van der Waals surface area contributed by atoms with Crippen LogP contribution in [0, 0.1) is 0 Å². The Morgan fingerprint density at radius 3 is 2.14 bits per heavy atom. The third-order valence-electron chi connectivity index (χ3n) is 3.52. The molecule has 14 heavy (non-hydrogen) atoms. The molecule has 0 radical (unpaired) electrons. The van der Waals surface area contributed by atoms with Gasteiger partial charge in [-0.05, 0) is 19.9 Å². The van der Waals surface area contributed by atoms with E-state index in [-0.39, 0.29) is 0 Å². The van der Waals surface area contributed by atoms with Gasteiger partial charge in [-0.2, -0.15) is 0 Å². The average Bonchev–Trinajstić information content (AvgIpc) is 2.27. The summed E-state index contributed by atoms with van der Waals surface area (Å²) < 4.78 is 0. The Morgan fingerprint density at radius 2 is 1.71 bits per heavy atom. The Balaban J connectivity index is 2.33. The number of nitrogens with two attached hydrogens (primary N) is 1. The van der Waals surface area contributed by atoms with Gasteiger partial charge in [0.05, 0.1) is 0 Å². The molecule has 1 fully saturated rings. The molecule has 0 aliphatic carbocycles. The van der Waals surface area contributed by atoms with Gasteiger partial charge in [0.25, 0.3) is 0 Å².